The van der Waals surface area contributed by atoms with E-state index in [0.717, 1.165) is 25.7 Å². The Kier molecular flexibility index (Phi) is 3.62. The van der Waals surface area contributed by atoms with Crippen LogP contribution in [0, 0.1) is 11.3 Å². The molecule has 2 aliphatic carbocycles. The molecule has 2 aliphatic rings. The van der Waals surface area contributed by atoms with Crippen LogP contribution < -0.4 is 5.73 Å². The Bertz CT molecular complexity index is 606. The maximum atomic E-state index is 12.2. The lowest BCUT2D eigenvalue weighted by Crippen LogP contribution is -2.54. The minimum absolute atomic E-state index is 0.102. The smallest absolute Gasteiger partial charge is 0.223 e. The molecule has 0 heterocycles. The maximum absolute atomic E-state index is 12.2. The summed E-state index contributed by atoms with van der Waals surface area (Å²) in [6, 6.07) is 7.02. The number of rotatable bonds is 2. The molecule has 1 aromatic rings. The molecule has 2 N–H and O–H groups in total. The molecule has 3 atom stereocenters. The summed E-state index contributed by atoms with van der Waals surface area (Å²) in [5, 5.41) is 0. The van der Waals surface area contributed by atoms with Gasteiger partial charge >= 0.3 is 0 Å². The number of amides is 1. The number of benzene rings is 1. The second kappa shape index (κ2) is 5.11. The van der Waals surface area contributed by atoms with Crippen LogP contribution in [-0.4, -0.2) is 5.91 Å². The van der Waals surface area contributed by atoms with E-state index >= 15 is 0 Å². The lowest BCUT2D eigenvalue weighted by molar-refractivity contribution is -0.135. The number of carbonyl (C=O) groups is 1. The van der Waals surface area contributed by atoms with E-state index in [4.69, 9.17) is 5.73 Å². The highest BCUT2D eigenvalue weighted by atomic mass is 16.1. The summed E-state index contributed by atoms with van der Waals surface area (Å²) >= 11 is 0. The van der Waals surface area contributed by atoms with Crippen molar-refractivity contribution in [3.63, 3.8) is 0 Å². The van der Waals surface area contributed by atoms with Crippen LogP contribution in [0.5, 0.6) is 0 Å². The molecule has 3 unspecified atom stereocenters. The molecule has 1 fully saturated rings. The topological polar surface area (TPSA) is 43.1 Å². The Labute approximate surface area is 134 Å². The first-order chi connectivity index (χ1) is 10.3. The number of aryl methyl sites for hydroxylation is 1. The fourth-order valence-electron chi connectivity index (χ4n) is 5.17. The third-order valence-corrected chi connectivity index (χ3v) is 6.61. The predicted molar refractivity (Wildman–Crippen MR) is 90.8 cm³/mol. The Hall–Kier alpha value is -1.31. The second-order valence-corrected chi connectivity index (χ2v) is 8.22. The van der Waals surface area contributed by atoms with Crippen LogP contribution in [-0.2, 0) is 16.6 Å². The summed E-state index contributed by atoms with van der Waals surface area (Å²) in [6.07, 6.45) is 5.39. The Morgan fingerprint density at radius 3 is 2.64 bits per heavy atom. The Balaban J connectivity index is 2.08. The lowest BCUT2D eigenvalue weighted by Gasteiger charge is -2.54. The zero-order chi connectivity index (χ0) is 16.1. The average Bonchev–Trinajstić information content (AvgIpc) is 2.46. The highest BCUT2D eigenvalue weighted by Gasteiger charge is 2.54. The molecule has 2 heteroatoms. The molecule has 0 saturated heterocycles. The van der Waals surface area contributed by atoms with Gasteiger partial charge in [-0.25, -0.2) is 0 Å². The molecule has 22 heavy (non-hydrogen) atoms. The molecular weight excluding hydrogens is 270 g/mol. The van der Waals surface area contributed by atoms with Crippen LogP contribution in [0.4, 0.5) is 0 Å². The Morgan fingerprint density at radius 2 is 2.00 bits per heavy atom. The van der Waals surface area contributed by atoms with E-state index in [9.17, 15) is 4.79 Å². The first kappa shape index (κ1) is 15.6. The quantitative estimate of drug-likeness (QED) is 0.869. The fourth-order valence-corrected chi connectivity index (χ4v) is 5.17. The molecule has 1 amide bonds. The normalized spacial score (nSPS) is 34.1. The molecule has 0 aromatic heterocycles. The van der Waals surface area contributed by atoms with Crippen LogP contribution in [0.3, 0.4) is 0 Å². The van der Waals surface area contributed by atoms with Gasteiger partial charge in [0.2, 0.25) is 5.91 Å². The van der Waals surface area contributed by atoms with Crippen molar-refractivity contribution in [2.45, 2.75) is 71.1 Å². The monoisotopic (exact) mass is 299 g/mol. The third-order valence-electron chi connectivity index (χ3n) is 6.61. The van der Waals surface area contributed by atoms with Crippen LogP contribution in [0.15, 0.2) is 18.2 Å². The highest BCUT2D eigenvalue weighted by molar-refractivity contribution is 5.81. The van der Waals surface area contributed by atoms with Crippen molar-refractivity contribution < 1.29 is 4.79 Å². The predicted octanol–water partition coefficient (Wildman–Crippen LogP) is 4.31. The second-order valence-electron chi connectivity index (χ2n) is 8.22. The van der Waals surface area contributed by atoms with Gasteiger partial charge < -0.3 is 5.73 Å². The lowest BCUT2D eigenvalue weighted by atomic mass is 9.49. The summed E-state index contributed by atoms with van der Waals surface area (Å²) in [7, 11) is 0. The van der Waals surface area contributed by atoms with E-state index in [0.29, 0.717) is 11.8 Å². The summed E-state index contributed by atoms with van der Waals surface area (Å²) in [5.41, 5.74) is 9.97. The third kappa shape index (κ3) is 2.11. The van der Waals surface area contributed by atoms with E-state index in [1.807, 2.05) is 0 Å². The molecule has 3 rings (SSSR count). The van der Waals surface area contributed by atoms with Crippen LogP contribution in [0.25, 0.3) is 0 Å². The van der Waals surface area contributed by atoms with Crippen molar-refractivity contribution in [2.75, 3.05) is 0 Å². The number of fused-ring (bicyclic) bond motifs is 3. The van der Waals surface area contributed by atoms with E-state index in [-0.39, 0.29) is 16.7 Å². The molecule has 0 spiro atoms. The number of hydrogen-bond acceptors (Lipinski definition) is 1. The summed E-state index contributed by atoms with van der Waals surface area (Å²) in [6.45, 7) is 8.97. The van der Waals surface area contributed by atoms with Gasteiger partial charge in [0.05, 0.1) is 0 Å². The molecule has 0 aliphatic heterocycles. The van der Waals surface area contributed by atoms with E-state index in [1.165, 1.54) is 23.1 Å². The minimum atomic E-state index is -0.346. The summed E-state index contributed by atoms with van der Waals surface area (Å²) in [5.74, 6) is 0.840. The van der Waals surface area contributed by atoms with Gasteiger partial charge in [-0.2, -0.15) is 0 Å². The minimum Gasteiger partial charge on any atom is -0.369 e. The van der Waals surface area contributed by atoms with Gasteiger partial charge in [0, 0.05) is 5.41 Å². The van der Waals surface area contributed by atoms with Gasteiger partial charge in [-0.1, -0.05) is 52.3 Å². The van der Waals surface area contributed by atoms with Crippen molar-refractivity contribution in [1.29, 1.82) is 0 Å². The van der Waals surface area contributed by atoms with Crippen molar-refractivity contribution >= 4 is 5.91 Å². The molecule has 0 radical (unpaired) electrons. The summed E-state index contributed by atoms with van der Waals surface area (Å²) < 4.78 is 0. The maximum Gasteiger partial charge on any atom is 0.223 e. The zero-order valence-electron chi connectivity index (χ0n) is 14.4. The van der Waals surface area contributed by atoms with Gasteiger partial charge in [0.1, 0.15) is 0 Å². The van der Waals surface area contributed by atoms with Gasteiger partial charge in [0.15, 0.2) is 0 Å². The standard InChI is InChI=1S/C20H29NO/c1-13(2)14-6-8-16-15(12-14)7-9-17-19(16,3)10-5-11-20(17,4)18(21)22/h6,8,12-13,17H,5,7,9-11H2,1-4H3,(H2,21,22). The number of nitrogens with two attached hydrogens (primary N) is 1. The van der Waals surface area contributed by atoms with Crippen LogP contribution in [0.2, 0.25) is 0 Å². The average molecular weight is 299 g/mol. The van der Waals surface area contributed by atoms with Gasteiger partial charge in [0.25, 0.3) is 0 Å². The largest absolute Gasteiger partial charge is 0.369 e. The molecule has 1 aromatic carbocycles. The van der Waals surface area contributed by atoms with Crippen molar-refractivity contribution in [3.8, 4) is 0 Å². The first-order valence-corrected chi connectivity index (χ1v) is 8.72. The molecule has 120 valence electrons. The van der Waals surface area contributed by atoms with Crippen molar-refractivity contribution in [1.82, 2.24) is 0 Å². The van der Waals surface area contributed by atoms with Crippen LogP contribution in [0.1, 0.15) is 76.0 Å². The molecular formula is C20H29NO. The molecule has 1 saturated carbocycles. The molecule has 0 bridgehead atoms. The fraction of sp³-hybridized carbons (Fsp3) is 0.650. The first-order valence-electron chi connectivity index (χ1n) is 8.72. The van der Waals surface area contributed by atoms with E-state index in [2.05, 4.69) is 45.9 Å². The number of carbonyl (C=O) groups excluding carboxylic acids is 1. The molecule has 2 nitrogen and oxygen atoms in total. The van der Waals surface area contributed by atoms with Crippen molar-refractivity contribution in [3.05, 3.63) is 34.9 Å². The van der Waals surface area contributed by atoms with Gasteiger partial charge in [-0.3, -0.25) is 4.79 Å². The Morgan fingerprint density at radius 1 is 1.27 bits per heavy atom. The van der Waals surface area contributed by atoms with Gasteiger partial charge in [-0.05, 0) is 59.6 Å². The SMILES string of the molecule is CC(C)c1ccc2c(c1)CCC1C(C)(C(N)=O)CCCC21C. The zero-order valence-corrected chi connectivity index (χ0v) is 14.4. The highest BCUT2D eigenvalue weighted by Crippen LogP contribution is 2.57. The number of primary amides is 1. The summed E-state index contributed by atoms with van der Waals surface area (Å²) in [4.78, 5) is 12.2. The number of hydrogen-bond donors (Lipinski definition) is 1. The van der Waals surface area contributed by atoms with Crippen molar-refractivity contribution in [2.24, 2.45) is 17.1 Å². The van der Waals surface area contributed by atoms with Gasteiger partial charge in [-0.15, -0.1) is 0 Å². The van der Waals surface area contributed by atoms with Crippen LogP contribution >= 0.6 is 0 Å². The van der Waals surface area contributed by atoms with E-state index in [1.54, 1.807) is 0 Å². The van der Waals surface area contributed by atoms with E-state index < -0.39 is 0 Å².